The number of amides is 1. The van der Waals surface area contributed by atoms with Crippen LogP contribution in [0.2, 0.25) is 0 Å². The molecule has 1 rings (SSSR count). The minimum absolute atomic E-state index is 0.125. The van der Waals surface area contributed by atoms with E-state index in [1.165, 1.54) is 4.90 Å². The van der Waals surface area contributed by atoms with Gasteiger partial charge in [0.25, 0.3) is 0 Å². The van der Waals surface area contributed by atoms with Crippen LogP contribution in [0.1, 0.15) is 31.7 Å². The second kappa shape index (κ2) is 8.72. The number of rotatable bonds is 8. The zero-order valence-corrected chi connectivity index (χ0v) is 13.7. The lowest BCUT2D eigenvalue weighted by atomic mass is 10.1. The summed E-state index contributed by atoms with van der Waals surface area (Å²) in [6.45, 7) is 3.82. The highest BCUT2D eigenvalue weighted by molar-refractivity contribution is 7.98. The van der Waals surface area contributed by atoms with Crippen LogP contribution in [-0.4, -0.2) is 35.0 Å². The summed E-state index contributed by atoms with van der Waals surface area (Å²) in [6, 6.07) is 6.63. The number of aliphatic carboxylic acids is 1. The number of thioether (sulfide) groups is 1. The van der Waals surface area contributed by atoms with E-state index >= 15 is 0 Å². The molecule has 0 radical (unpaired) electrons. The van der Waals surface area contributed by atoms with E-state index in [0.29, 0.717) is 30.7 Å². The molecule has 116 valence electrons. The maximum atomic E-state index is 12.5. The number of benzene rings is 1. The van der Waals surface area contributed by atoms with Crippen LogP contribution in [0.15, 0.2) is 24.3 Å². The molecule has 0 aliphatic rings. The van der Waals surface area contributed by atoms with Gasteiger partial charge in [-0.25, -0.2) is 4.79 Å². The second-order valence-corrected chi connectivity index (χ2v) is 5.92. The summed E-state index contributed by atoms with van der Waals surface area (Å²) in [5.74, 6) is -0.365. The summed E-state index contributed by atoms with van der Waals surface area (Å²) in [6.07, 6.45) is 3.44. The molecule has 5 heteroatoms. The molecule has 1 amide bonds. The number of carboxylic acids is 1. The minimum Gasteiger partial charge on any atom is -0.480 e. The number of para-hydroxylation sites is 1. The Morgan fingerprint density at radius 3 is 2.52 bits per heavy atom. The minimum atomic E-state index is -0.947. The van der Waals surface area contributed by atoms with Crippen molar-refractivity contribution in [2.75, 3.05) is 16.9 Å². The molecule has 0 heterocycles. The topological polar surface area (TPSA) is 57.6 Å². The maximum absolute atomic E-state index is 12.5. The summed E-state index contributed by atoms with van der Waals surface area (Å²) in [5, 5.41) is 9.54. The van der Waals surface area contributed by atoms with Crippen LogP contribution in [0, 0.1) is 6.92 Å². The van der Waals surface area contributed by atoms with E-state index in [4.69, 9.17) is 0 Å². The van der Waals surface area contributed by atoms with E-state index in [1.807, 2.05) is 44.4 Å². The Labute approximate surface area is 130 Å². The number of nitrogens with zero attached hydrogens (tertiary/aromatic N) is 1. The largest absolute Gasteiger partial charge is 0.480 e. The van der Waals surface area contributed by atoms with Gasteiger partial charge in [-0.2, -0.15) is 11.8 Å². The van der Waals surface area contributed by atoms with Crippen LogP contribution >= 0.6 is 11.8 Å². The van der Waals surface area contributed by atoms with Crippen molar-refractivity contribution in [1.29, 1.82) is 0 Å². The van der Waals surface area contributed by atoms with Crippen molar-refractivity contribution >= 4 is 29.3 Å². The van der Waals surface area contributed by atoms with Gasteiger partial charge in [-0.1, -0.05) is 25.1 Å². The number of anilines is 1. The molecule has 1 atom stereocenters. The lowest BCUT2D eigenvalue weighted by Gasteiger charge is -2.30. The smallest absolute Gasteiger partial charge is 0.326 e. The van der Waals surface area contributed by atoms with Crippen LogP contribution in [-0.2, 0) is 9.59 Å². The third kappa shape index (κ3) is 4.77. The molecule has 0 aromatic heterocycles. The third-order valence-corrected chi connectivity index (χ3v) is 3.94. The summed E-state index contributed by atoms with van der Waals surface area (Å²) in [7, 11) is 0. The van der Waals surface area contributed by atoms with Gasteiger partial charge in [0.2, 0.25) is 5.91 Å². The van der Waals surface area contributed by atoms with Crippen LogP contribution in [0.25, 0.3) is 0 Å². The van der Waals surface area contributed by atoms with Crippen LogP contribution < -0.4 is 4.90 Å². The Morgan fingerprint density at radius 2 is 2.00 bits per heavy atom. The van der Waals surface area contributed by atoms with Gasteiger partial charge in [0.15, 0.2) is 0 Å². The van der Waals surface area contributed by atoms with Gasteiger partial charge in [0.05, 0.1) is 0 Å². The molecule has 0 aliphatic carbocycles. The fourth-order valence-electron chi connectivity index (χ4n) is 2.24. The molecule has 1 aromatic rings. The number of carboxylic acid groups (broad SMARTS) is 1. The van der Waals surface area contributed by atoms with Gasteiger partial charge in [-0.05, 0) is 43.4 Å². The first-order chi connectivity index (χ1) is 10.0. The molecule has 4 nitrogen and oxygen atoms in total. The Hall–Kier alpha value is -1.49. The molecule has 0 saturated heterocycles. The van der Waals surface area contributed by atoms with Gasteiger partial charge >= 0.3 is 5.97 Å². The first-order valence-corrected chi connectivity index (χ1v) is 8.51. The highest BCUT2D eigenvalue weighted by atomic mass is 32.2. The summed E-state index contributed by atoms with van der Waals surface area (Å²) < 4.78 is 0. The lowest BCUT2D eigenvalue weighted by Crippen LogP contribution is -2.46. The average Bonchev–Trinajstić information content (AvgIpc) is 2.44. The SMILES string of the molecule is CCCC(=O)N(c1ccccc1C)[C@@H](CCSC)C(=O)O. The first kappa shape index (κ1) is 17.6. The van der Waals surface area contributed by atoms with Crippen LogP contribution in [0.4, 0.5) is 5.69 Å². The monoisotopic (exact) mass is 309 g/mol. The Kier molecular flexibility index (Phi) is 7.29. The van der Waals surface area contributed by atoms with E-state index in [1.54, 1.807) is 11.8 Å². The van der Waals surface area contributed by atoms with Gasteiger partial charge in [0.1, 0.15) is 6.04 Å². The van der Waals surface area contributed by atoms with E-state index in [2.05, 4.69) is 0 Å². The first-order valence-electron chi connectivity index (χ1n) is 7.12. The highest BCUT2D eigenvalue weighted by Crippen LogP contribution is 2.25. The molecule has 0 saturated carbocycles. The fraction of sp³-hybridized carbons (Fsp3) is 0.500. The van der Waals surface area contributed by atoms with Crippen molar-refractivity contribution in [2.24, 2.45) is 0 Å². The zero-order chi connectivity index (χ0) is 15.8. The van der Waals surface area contributed by atoms with Gasteiger partial charge < -0.3 is 5.11 Å². The van der Waals surface area contributed by atoms with Crippen molar-refractivity contribution < 1.29 is 14.7 Å². The summed E-state index contributed by atoms with van der Waals surface area (Å²) in [5.41, 5.74) is 1.61. The van der Waals surface area contributed by atoms with Crippen LogP contribution in [0.3, 0.4) is 0 Å². The normalized spacial score (nSPS) is 12.0. The molecule has 0 unspecified atom stereocenters. The molecular formula is C16H23NO3S. The van der Waals surface area contributed by atoms with Gasteiger partial charge in [0, 0.05) is 12.1 Å². The Morgan fingerprint density at radius 1 is 1.33 bits per heavy atom. The molecule has 0 aliphatic heterocycles. The van der Waals surface area contributed by atoms with Crippen molar-refractivity contribution in [2.45, 2.75) is 39.2 Å². The van der Waals surface area contributed by atoms with E-state index in [9.17, 15) is 14.7 Å². The molecule has 0 spiro atoms. The zero-order valence-electron chi connectivity index (χ0n) is 12.8. The second-order valence-electron chi connectivity index (χ2n) is 4.94. The quantitative estimate of drug-likeness (QED) is 0.800. The average molecular weight is 309 g/mol. The van der Waals surface area contributed by atoms with Crippen LogP contribution in [0.5, 0.6) is 0 Å². The number of aryl methyl sites for hydroxylation is 1. The number of carbonyl (C=O) groups is 2. The molecule has 21 heavy (non-hydrogen) atoms. The van der Waals surface area contributed by atoms with Crippen molar-refractivity contribution in [1.82, 2.24) is 0 Å². The van der Waals surface area contributed by atoms with E-state index in [0.717, 1.165) is 5.56 Å². The predicted molar refractivity (Wildman–Crippen MR) is 88.0 cm³/mol. The fourth-order valence-corrected chi connectivity index (χ4v) is 2.70. The van der Waals surface area contributed by atoms with E-state index < -0.39 is 12.0 Å². The standard InChI is InChI=1S/C16H23NO3S/c1-4-7-15(18)17(13-9-6-5-8-12(13)2)14(16(19)20)10-11-21-3/h5-6,8-9,14H,4,7,10-11H2,1-3H3,(H,19,20)/t14-/m0/s1. The summed E-state index contributed by atoms with van der Waals surface area (Å²) >= 11 is 1.59. The molecule has 0 fully saturated rings. The van der Waals surface area contributed by atoms with E-state index in [-0.39, 0.29) is 5.91 Å². The molecule has 1 aromatic carbocycles. The lowest BCUT2D eigenvalue weighted by molar-refractivity contribution is -0.140. The highest BCUT2D eigenvalue weighted by Gasteiger charge is 2.30. The predicted octanol–water partition coefficient (Wildman–Crippen LogP) is 3.33. The van der Waals surface area contributed by atoms with Gasteiger partial charge in [-0.3, -0.25) is 9.69 Å². The van der Waals surface area contributed by atoms with Crippen molar-refractivity contribution in [3.63, 3.8) is 0 Å². The van der Waals surface area contributed by atoms with Crippen molar-refractivity contribution in [3.05, 3.63) is 29.8 Å². The van der Waals surface area contributed by atoms with Crippen molar-refractivity contribution in [3.8, 4) is 0 Å². The number of carbonyl (C=O) groups excluding carboxylic acids is 1. The maximum Gasteiger partial charge on any atom is 0.326 e. The third-order valence-electron chi connectivity index (χ3n) is 3.30. The number of hydrogen-bond acceptors (Lipinski definition) is 3. The molecule has 1 N–H and O–H groups in total. The molecular weight excluding hydrogens is 286 g/mol. The Balaban J connectivity index is 3.20. The molecule has 0 bridgehead atoms. The Bertz CT molecular complexity index is 490. The summed E-state index contributed by atoms with van der Waals surface area (Å²) in [4.78, 5) is 25.6. The number of hydrogen-bond donors (Lipinski definition) is 1. The van der Waals surface area contributed by atoms with Gasteiger partial charge in [-0.15, -0.1) is 0 Å².